The Morgan fingerprint density at radius 2 is 0.677 bits per heavy atom. The summed E-state index contributed by atoms with van der Waals surface area (Å²) >= 11 is 0. The van der Waals surface area contributed by atoms with Crippen molar-refractivity contribution in [2.24, 2.45) is 0 Å². The van der Waals surface area contributed by atoms with E-state index in [4.69, 9.17) is 19.9 Å². The summed E-state index contributed by atoms with van der Waals surface area (Å²) in [5.74, 6) is 0.654. The maximum atomic E-state index is 5.46. The molecule has 0 bridgehead atoms. The van der Waals surface area contributed by atoms with Gasteiger partial charge >= 0.3 is 0 Å². The van der Waals surface area contributed by atoms with Crippen LogP contribution in [0.2, 0.25) is 0 Å². The van der Waals surface area contributed by atoms with Gasteiger partial charge in [-0.2, -0.15) is 0 Å². The molecule has 0 amide bonds. The highest BCUT2D eigenvalue weighted by molar-refractivity contribution is 6.21. The molecule has 0 aliphatic heterocycles. The first-order valence-electron chi connectivity index (χ1n) is 20.9. The average Bonchev–Trinajstić information content (AvgIpc) is 3.35. The first-order valence-corrected chi connectivity index (χ1v) is 20.9. The fourth-order valence-electron chi connectivity index (χ4n) is 9.19. The lowest BCUT2D eigenvalue weighted by atomic mass is 9.86. The van der Waals surface area contributed by atoms with Gasteiger partial charge in [0.15, 0.2) is 5.82 Å². The quantitative estimate of drug-likeness (QED) is 0.158. The van der Waals surface area contributed by atoms with Crippen molar-refractivity contribution in [1.82, 2.24) is 19.9 Å². The number of rotatable bonds is 6. The van der Waals surface area contributed by atoms with Crippen molar-refractivity contribution < 1.29 is 0 Å². The predicted octanol–water partition coefficient (Wildman–Crippen LogP) is 15.0. The summed E-state index contributed by atoms with van der Waals surface area (Å²) in [4.78, 5) is 20.4. The van der Waals surface area contributed by atoms with Crippen LogP contribution in [-0.2, 0) is 0 Å². The number of benzene rings is 9. The zero-order valence-corrected chi connectivity index (χ0v) is 33.6. The molecule has 0 fully saturated rings. The Hall–Kier alpha value is -8.34. The molecule has 0 N–H and O–H groups in total. The number of nitrogens with zero attached hydrogens (tertiary/aromatic N) is 4. The Bertz CT molecular complexity index is 3480. The summed E-state index contributed by atoms with van der Waals surface area (Å²) in [6.45, 7) is 0. The van der Waals surface area contributed by atoms with Crippen LogP contribution in [0.4, 0.5) is 0 Å². The first kappa shape index (κ1) is 35.6. The molecule has 0 spiro atoms. The third-order valence-corrected chi connectivity index (χ3v) is 12.2. The van der Waals surface area contributed by atoms with E-state index in [2.05, 4.69) is 206 Å². The molecule has 4 heteroatoms. The molecule has 0 saturated carbocycles. The largest absolute Gasteiger partial charge is 0.256 e. The zero-order chi connectivity index (χ0) is 41.0. The van der Waals surface area contributed by atoms with E-state index in [1.165, 1.54) is 38.1 Å². The normalized spacial score (nSPS) is 11.5. The molecule has 0 aliphatic rings. The van der Waals surface area contributed by atoms with Gasteiger partial charge in [0.1, 0.15) is 0 Å². The second kappa shape index (κ2) is 14.7. The van der Waals surface area contributed by atoms with Crippen LogP contribution in [0.5, 0.6) is 0 Å². The summed E-state index contributed by atoms with van der Waals surface area (Å²) < 4.78 is 0. The van der Waals surface area contributed by atoms with Gasteiger partial charge in [0.05, 0.1) is 22.8 Å². The standard InChI is InChI=1S/C58H36N4/c1-2-14-44-35-45(30-21-37(44)11-1)54-48-17-7-9-19-50(48)55(51-20-10-8-18-49(51)54)53-36-52(40-22-24-41(25-23-40)56-46-15-5-3-12-38(46)31-33-59-56)61-58(62-53)43-28-26-42(27-29-43)57-47-16-6-4-13-39(47)32-34-60-57/h1-36H. The third-order valence-electron chi connectivity index (χ3n) is 12.2. The Kier molecular flexibility index (Phi) is 8.46. The molecule has 0 unspecified atom stereocenters. The van der Waals surface area contributed by atoms with Gasteiger partial charge in [0, 0.05) is 51.0 Å². The number of aromatic nitrogens is 4. The number of hydrogen-bond donors (Lipinski definition) is 0. The summed E-state index contributed by atoms with van der Waals surface area (Å²) in [6, 6.07) is 73.1. The lowest BCUT2D eigenvalue weighted by Gasteiger charge is -2.18. The molecule has 0 saturated heterocycles. The highest BCUT2D eigenvalue weighted by Gasteiger charge is 2.20. The van der Waals surface area contributed by atoms with Crippen molar-refractivity contribution in [3.8, 4) is 67.5 Å². The highest BCUT2D eigenvalue weighted by Crippen LogP contribution is 2.45. The molecule has 3 aromatic heterocycles. The fourth-order valence-corrected chi connectivity index (χ4v) is 9.19. The second-order valence-corrected chi connectivity index (χ2v) is 15.8. The maximum Gasteiger partial charge on any atom is 0.160 e. The Labute approximate surface area is 358 Å². The molecule has 12 rings (SSSR count). The van der Waals surface area contributed by atoms with Crippen molar-refractivity contribution >= 4 is 53.9 Å². The van der Waals surface area contributed by atoms with Crippen LogP contribution in [0.3, 0.4) is 0 Å². The fraction of sp³-hybridized carbons (Fsp3) is 0. The highest BCUT2D eigenvalue weighted by atomic mass is 14.9. The molecular weight excluding hydrogens is 753 g/mol. The summed E-state index contributed by atoms with van der Waals surface area (Å²) in [5, 5.41) is 11.7. The molecule has 4 nitrogen and oxygen atoms in total. The van der Waals surface area contributed by atoms with Crippen molar-refractivity contribution in [1.29, 1.82) is 0 Å². The van der Waals surface area contributed by atoms with Crippen molar-refractivity contribution in [3.63, 3.8) is 0 Å². The van der Waals surface area contributed by atoms with Crippen LogP contribution in [0.1, 0.15) is 0 Å². The van der Waals surface area contributed by atoms with E-state index < -0.39 is 0 Å². The lowest BCUT2D eigenvalue weighted by Crippen LogP contribution is -1.98. The second-order valence-electron chi connectivity index (χ2n) is 15.8. The Balaban J connectivity index is 1.06. The molecular formula is C58H36N4. The SMILES string of the molecule is c1ccc2cc(-c3c4ccccc4c(-c4cc(-c5ccc(-c6nccc7ccccc67)cc5)nc(-c5ccc(-c6nccc7ccccc67)cc5)n4)c4ccccc34)ccc2c1. The van der Waals surface area contributed by atoms with Crippen LogP contribution in [0.25, 0.3) is 121 Å². The zero-order valence-electron chi connectivity index (χ0n) is 33.6. The molecule has 0 radical (unpaired) electrons. The average molecular weight is 789 g/mol. The molecule has 62 heavy (non-hydrogen) atoms. The van der Waals surface area contributed by atoms with Crippen molar-refractivity contribution in [3.05, 3.63) is 219 Å². The van der Waals surface area contributed by atoms with Crippen LogP contribution >= 0.6 is 0 Å². The molecule has 12 aromatic rings. The van der Waals surface area contributed by atoms with Gasteiger partial charge in [0.25, 0.3) is 0 Å². The number of pyridine rings is 2. The van der Waals surface area contributed by atoms with E-state index in [1.54, 1.807) is 0 Å². The van der Waals surface area contributed by atoms with E-state index in [9.17, 15) is 0 Å². The molecule has 0 aliphatic carbocycles. The minimum Gasteiger partial charge on any atom is -0.256 e. The van der Waals surface area contributed by atoms with Gasteiger partial charge in [0.2, 0.25) is 0 Å². The van der Waals surface area contributed by atoms with E-state index in [-0.39, 0.29) is 0 Å². The van der Waals surface area contributed by atoms with Crippen molar-refractivity contribution in [2.75, 3.05) is 0 Å². The van der Waals surface area contributed by atoms with Gasteiger partial charge in [-0.3, -0.25) is 9.97 Å². The van der Waals surface area contributed by atoms with E-state index in [0.717, 1.165) is 77.5 Å². The smallest absolute Gasteiger partial charge is 0.160 e. The topological polar surface area (TPSA) is 51.6 Å². The summed E-state index contributed by atoms with van der Waals surface area (Å²) in [5.41, 5.74) is 11.1. The Morgan fingerprint density at radius 1 is 0.258 bits per heavy atom. The van der Waals surface area contributed by atoms with Crippen LogP contribution in [-0.4, -0.2) is 19.9 Å². The molecule has 3 heterocycles. The van der Waals surface area contributed by atoms with E-state index >= 15 is 0 Å². The molecule has 0 atom stereocenters. The Morgan fingerprint density at radius 3 is 1.24 bits per heavy atom. The summed E-state index contributed by atoms with van der Waals surface area (Å²) in [6.07, 6.45) is 3.77. The first-order chi connectivity index (χ1) is 30.7. The van der Waals surface area contributed by atoms with E-state index in [0.29, 0.717) is 5.82 Å². The molecule has 288 valence electrons. The minimum absolute atomic E-state index is 0.654. The lowest BCUT2D eigenvalue weighted by molar-refractivity contribution is 1.19. The van der Waals surface area contributed by atoms with Crippen LogP contribution in [0, 0.1) is 0 Å². The van der Waals surface area contributed by atoms with E-state index in [1.807, 2.05) is 12.4 Å². The predicted molar refractivity (Wildman–Crippen MR) is 258 cm³/mol. The van der Waals surface area contributed by atoms with Crippen LogP contribution < -0.4 is 0 Å². The molecule has 9 aromatic carbocycles. The van der Waals surface area contributed by atoms with Gasteiger partial charge < -0.3 is 0 Å². The van der Waals surface area contributed by atoms with Gasteiger partial charge in [-0.1, -0.05) is 182 Å². The number of hydrogen-bond acceptors (Lipinski definition) is 4. The monoisotopic (exact) mass is 788 g/mol. The van der Waals surface area contributed by atoms with Crippen LogP contribution in [0.15, 0.2) is 219 Å². The van der Waals surface area contributed by atoms with Gasteiger partial charge in [-0.05, 0) is 78.5 Å². The maximum absolute atomic E-state index is 5.46. The summed E-state index contributed by atoms with van der Waals surface area (Å²) in [7, 11) is 0. The van der Waals surface area contributed by atoms with Crippen molar-refractivity contribution in [2.45, 2.75) is 0 Å². The minimum atomic E-state index is 0.654. The third kappa shape index (κ3) is 6.08. The van der Waals surface area contributed by atoms with Gasteiger partial charge in [-0.15, -0.1) is 0 Å². The number of fused-ring (bicyclic) bond motifs is 5. The van der Waals surface area contributed by atoms with Gasteiger partial charge in [-0.25, -0.2) is 9.97 Å².